The standard InChI is InChI=1S/C9H10N4O2/c1-5-4-7(15-3)8-9(6(5)2)13(14)12-11-10-8/h4H,1-3H3. The molecule has 6 nitrogen and oxygen atoms in total. The van der Waals surface area contributed by atoms with Gasteiger partial charge in [0, 0.05) is 5.56 Å². The molecule has 2 rings (SSSR count). The molecule has 1 heterocycles. The fourth-order valence-electron chi connectivity index (χ4n) is 1.49. The van der Waals surface area contributed by atoms with Crippen molar-refractivity contribution in [1.82, 2.24) is 15.5 Å². The molecule has 2 aromatic rings. The van der Waals surface area contributed by atoms with Gasteiger partial charge in [0.25, 0.3) is 0 Å². The zero-order valence-corrected chi connectivity index (χ0v) is 8.68. The first-order valence-corrected chi connectivity index (χ1v) is 4.42. The van der Waals surface area contributed by atoms with Crippen molar-refractivity contribution in [2.24, 2.45) is 0 Å². The van der Waals surface area contributed by atoms with Gasteiger partial charge in [0.1, 0.15) is 0 Å². The third kappa shape index (κ3) is 1.34. The molecule has 0 amide bonds. The van der Waals surface area contributed by atoms with E-state index in [2.05, 4.69) is 15.5 Å². The molecule has 0 saturated heterocycles. The van der Waals surface area contributed by atoms with Crippen LogP contribution >= 0.6 is 0 Å². The maximum absolute atomic E-state index is 11.5. The summed E-state index contributed by atoms with van der Waals surface area (Å²) in [4.78, 5) is 0.465. The molecule has 0 aliphatic rings. The van der Waals surface area contributed by atoms with Crippen LogP contribution in [0.15, 0.2) is 6.07 Å². The molecule has 0 bridgehead atoms. The van der Waals surface area contributed by atoms with Crippen LogP contribution in [0.2, 0.25) is 0 Å². The number of fused-ring (bicyclic) bond motifs is 1. The highest BCUT2D eigenvalue weighted by Gasteiger charge is 2.15. The third-order valence-electron chi connectivity index (χ3n) is 2.43. The topological polar surface area (TPSA) is 74.8 Å². The number of ether oxygens (including phenoxy) is 1. The van der Waals surface area contributed by atoms with Gasteiger partial charge in [0.15, 0.2) is 16.5 Å². The van der Waals surface area contributed by atoms with E-state index in [1.54, 1.807) is 0 Å². The van der Waals surface area contributed by atoms with Crippen LogP contribution in [0.25, 0.3) is 11.0 Å². The van der Waals surface area contributed by atoms with E-state index in [0.29, 0.717) is 21.6 Å². The highest BCUT2D eigenvalue weighted by molar-refractivity contribution is 5.82. The number of benzene rings is 1. The van der Waals surface area contributed by atoms with Crippen LogP contribution in [-0.4, -0.2) is 22.6 Å². The number of hydrogen-bond donors (Lipinski definition) is 0. The number of aromatic nitrogens is 4. The fraction of sp³-hybridized carbons (Fsp3) is 0.333. The second-order valence-electron chi connectivity index (χ2n) is 3.27. The van der Waals surface area contributed by atoms with Gasteiger partial charge in [0.2, 0.25) is 10.7 Å². The molecule has 1 aromatic carbocycles. The van der Waals surface area contributed by atoms with E-state index in [0.717, 1.165) is 11.1 Å². The Bertz CT molecular complexity index is 527. The normalized spacial score (nSPS) is 10.6. The van der Waals surface area contributed by atoms with Crippen molar-refractivity contribution in [3.05, 3.63) is 22.4 Å². The van der Waals surface area contributed by atoms with Crippen LogP contribution in [0.3, 0.4) is 0 Å². The highest BCUT2D eigenvalue weighted by Crippen LogP contribution is 2.25. The Morgan fingerprint density at radius 2 is 2.13 bits per heavy atom. The summed E-state index contributed by atoms with van der Waals surface area (Å²) in [5.74, 6) is 0.535. The summed E-state index contributed by atoms with van der Waals surface area (Å²) in [6.45, 7) is 3.74. The zero-order valence-electron chi connectivity index (χ0n) is 8.68. The van der Waals surface area contributed by atoms with Gasteiger partial charge in [-0.15, -0.1) is 4.85 Å². The Labute approximate surface area is 86.1 Å². The fourth-order valence-corrected chi connectivity index (χ4v) is 1.49. The quantitative estimate of drug-likeness (QED) is 0.495. The van der Waals surface area contributed by atoms with Gasteiger partial charge in [-0.3, -0.25) is 0 Å². The Morgan fingerprint density at radius 1 is 1.40 bits per heavy atom. The lowest BCUT2D eigenvalue weighted by atomic mass is 10.1. The van der Waals surface area contributed by atoms with Crippen molar-refractivity contribution in [2.75, 3.05) is 7.11 Å². The zero-order chi connectivity index (χ0) is 11.0. The number of rotatable bonds is 1. The number of methoxy groups -OCH3 is 1. The largest absolute Gasteiger partial charge is 0.691 e. The average Bonchev–Trinajstić information content (AvgIpc) is 2.23. The molecular weight excluding hydrogens is 196 g/mol. The lowest BCUT2D eigenvalue weighted by molar-refractivity contribution is -0.650. The van der Waals surface area contributed by atoms with Crippen LogP contribution in [0.1, 0.15) is 11.1 Å². The molecule has 0 fully saturated rings. The molecule has 0 N–H and O–H groups in total. The first-order valence-electron chi connectivity index (χ1n) is 4.42. The minimum atomic E-state index is 0.404. The SMILES string of the molecule is COc1cc(C)c(C)c2c1nnn[n+]2[O-]. The summed E-state index contributed by atoms with van der Waals surface area (Å²) in [5.41, 5.74) is 2.63. The molecule has 0 aliphatic carbocycles. The van der Waals surface area contributed by atoms with Gasteiger partial charge < -0.3 is 9.94 Å². The van der Waals surface area contributed by atoms with E-state index < -0.39 is 0 Å². The highest BCUT2D eigenvalue weighted by atomic mass is 16.5. The molecular formula is C9H10N4O2. The maximum atomic E-state index is 11.5. The summed E-state index contributed by atoms with van der Waals surface area (Å²) < 4.78 is 5.14. The van der Waals surface area contributed by atoms with E-state index in [-0.39, 0.29) is 0 Å². The van der Waals surface area contributed by atoms with E-state index in [9.17, 15) is 5.21 Å². The van der Waals surface area contributed by atoms with Gasteiger partial charge in [-0.2, -0.15) is 0 Å². The molecule has 1 aromatic heterocycles. The Hall–Kier alpha value is -1.98. The van der Waals surface area contributed by atoms with Gasteiger partial charge >= 0.3 is 0 Å². The van der Waals surface area contributed by atoms with Crippen LogP contribution in [0, 0.1) is 19.1 Å². The Balaban J connectivity index is 2.96. The van der Waals surface area contributed by atoms with Crippen molar-refractivity contribution < 1.29 is 9.58 Å². The second kappa shape index (κ2) is 3.30. The van der Waals surface area contributed by atoms with E-state index >= 15 is 0 Å². The number of nitrogens with zero attached hydrogens (tertiary/aromatic N) is 4. The molecule has 15 heavy (non-hydrogen) atoms. The summed E-state index contributed by atoms with van der Waals surface area (Å²) in [6, 6.07) is 1.83. The Kier molecular flexibility index (Phi) is 2.11. The Morgan fingerprint density at radius 3 is 2.80 bits per heavy atom. The van der Waals surface area contributed by atoms with Gasteiger partial charge in [-0.05, 0) is 30.6 Å². The minimum absolute atomic E-state index is 0.404. The van der Waals surface area contributed by atoms with Gasteiger partial charge in [-0.25, -0.2) is 0 Å². The predicted molar refractivity (Wildman–Crippen MR) is 52.3 cm³/mol. The van der Waals surface area contributed by atoms with E-state index in [4.69, 9.17) is 4.74 Å². The molecule has 0 radical (unpaired) electrons. The van der Waals surface area contributed by atoms with Crippen molar-refractivity contribution in [2.45, 2.75) is 13.8 Å². The first-order chi connectivity index (χ1) is 7.15. The van der Waals surface area contributed by atoms with E-state index in [1.165, 1.54) is 7.11 Å². The summed E-state index contributed by atoms with van der Waals surface area (Å²) >= 11 is 0. The molecule has 0 atom stereocenters. The first kappa shape index (κ1) is 9.57. The predicted octanol–water partition coefficient (Wildman–Crippen LogP) is 0.284. The second-order valence-corrected chi connectivity index (χ2v) is 3.27. The maximum Gasteiger partial charge on any atom is 0.205 e. The van der Waals surface area contributed by atoms with Gasteiger partial charge in [-0.1, -0.05) is 0 Å². The number of hydrogen-bond acceptors (Lipinski definition) is 5. The minimum Gasteiger partial charge on any atom is -0.691 e. The summed E-state index contributed by atoms with van der Waals surface area (Å²) in [7, 11) is 1.53. The average molecular weight is 206 g/mol. The molecule has 0 aliphatic heterocycles. The van der Waals surface area contributed by atoms with Crippen molar-refractivity contribution in [3.63, 3.8) is 0 Å². The molecule has 0 unspecified atom stereocenters. The number of aryl methyl sites for hydroxylation is 2. The van der Waals surface area contributed by atoms with Gasteiger partial charge in [0.05, 0.1) is 7.11 Å². The van der Waals surface area contributed by atoms with Crippen molar-refractivity contribution in [1.29, 1.82) is 0 Å². The van der Waals surface area contributed by atoms with Crippen LogP contribution < -0.4 is 9.58 Å². The van der Waals surface area contributed by atoms with E-state index in [1.807, 2.05) is 19.9 Å². The van der Waals surface area contributed by atoms with Crippen molar-refractivity contribution >= 4 is 11.0 Å². The lowest BCUT2D eigenvalue weighted by Gasteiger charge is -2.08. The van der Waals surface area contributed by atoms with Crippen LogP contribution in [0.4, 0.5) is 0 Å². The lowest BCUT2D eigenvalue weighted by Crippen LogP contribution is -2.34. The molecule has 0 saturated carbocycles. The smallest absolute Gasteiger partial charge is 0.205 e. The monoisotopic (exact) mass is 206 g/mol. The molecule has 6 heteroatoms. The van der Waals surface area contributed by atoms with Crippen molar-refractivity contribution in [3.8, 4) is 5.75 Å². The molecule has 0 spiro atoms. The van der Waals surface area contributed by atoms with Crippen LogP contribution in [-0.2, 0) is 0 Å². The van der Waals surface area contributed by atoms with Crippen LogP contribution in [0.5, 0.6) is 5.75 Å². The molecule has 78 valence electrons. The summed E-state index contributed by atoms with van der Waals surface area (Å²) in [5, 5.41) is 22.0. The third-order valence-corrected chi connectivity index (χ3v) is 2.43. The summed E-state index contributed by atoms with van der Waals surface area (Å²) in [6.07, 6.45) is 0.